The zero-order chi connectivity index (χ0) is 11.3. The molecule has 4 heteroatoms. The highest BCUT2D eigenvalue weighted by molar-refractivity contribution is 5.83. The molecule has 0 amide bonds. The van der Waals surface area contributed by atoms with Gasteiger partial charge in [-0.1, -0.05) is 6.07 Å². The van der Waals surface area contributed by atoms with Gasteiger partial charge in [0.2, 0.25) is 0 Å². The lowest BCUT2D eigenvalue weighted by Gasteiger charge is -2.11. The van der Waals surface area contributed by atoms with Gasteiger partial charge in [-0.05, 0) is 18.4 Å². The van der Waals surface area contributed by atoms with E-state index in [9.17, 15) is 4.79 Å². The zero-order valence-electron chi connectivity index (χ0n) is 9.08. The van der Waals surface area contributed by atoms with Crippen molar-refractivity contribution in [3.63, 3.8) is 0 Å². The van der Waals surface area contributed by atoms with Crippen LogP contribution in [-0.2, 0) is 24.1 Å². The fraction of sp³-hybridized carbons (Fsp3) is 0.417. The van der Waals surface area contributed by atoms with Crippen molar-refractivity contribution in [1.82, 2.24) is 0 Å². The Morgan fingerprint density at radius 2 is 2.25 bits per heavy atom. The van der Waals surface area contributed by atoms with Gasteiger partial charge in [-0.25, -0.2) is 0 Å². The molecule has 4 nitrogen and oxygen atoms in total. The lowest BCUT2D eigenvalue weighted by atomic mass is 10.0. The number of hydrogen-bond donors (Lipinski definition) is 1. The first-order chi connectivity index (χ1) is 7.69. The Balaban J connectivity index is 2.18. The minimum Gasteiger partial charge on any atom is -0.493 e. The first-order valence-electron chi connectivity index (χ1n) is 5.37. The molecule has 1 aliphatic carbocycles. The monoisotopic (exact) mass is 219 g/mol. The van der Waals surface area contributed by atoms with Crippen molar-refractivity contribution in [1.29, 1.82) is 0 Å². The fourth-order valence-electron chi connectivity index (χ4n) is 2.58. The lowest BCUT2D eigenvalue weighted by molar-refractivity contribution is -0.131. The second-order valence-corrected chi connectivity index (χ2v) is 4.35. The molecule has 2 N–H and O–H groups in total. The number of rotatable bonds is 1. The number of carbonyl (C=O) groups excluding carboxylic acids is 1. The minimum absolute atomic E-state index is 0.155. The predicted molar refractivity (Wildman–Crippen MR) is 57.7 cm³/mol. The van der Waals surface area contributed by atoms with Crippen LogP contribution in [0.4, 0.5) is 0 Å². The molecule has 0 saturated heterocycles. The van der Waals surface area contributed by atoms with Crippen molar-refractivity contribution in [2.75, 3.05) is 7.11 Å². The highest BCUT2D eigenvalue weighted by Crippen LogP contribution is 2.43. The van der Waals surface area contributed by atoms with Crippen LogP contribution in [0.25, 0.3) is 0 Å². The van der Waals surface area contributed by atoms with Gasteiger partial charge in [-0.2, -0.15) is 0 Å². The molecule has 0 radical (unpaired) electrons. The molecule has 1 unspecified atom stereocenters. The number of ether oxygens (including phenoxy) is 2. The molecule has 1 heterocycles. The second-order valence-electron chi connectivity index (χ2n) is 4.35. The third-order valence-electron chi connectivity index (χ3n) is 3.21. The first-order valence-corrected chi connectivity index (χ1v) is 5.37. The summed E-state index contributed by atoms with van der Waals surface area (Å²) in [4.78, 5) is 11.3. The summed E-state index contributed by atoms with van der Waals surface area (Å²) in [7, 11) is 1.60. The summed E-state index contributed by atoms with van der Waals surface area (Å²) in [6.45, 7) is 0. The minimum atomic E-state index is -0.207. The summed E-state index contributed by atoms with van der Waals surface area (Å²) < 4.78 is 10.5. The quantitative estimate of drug-likeness (QED) is 0.554. The van der Waals surface area contributed by atoms with Crippen LogP contribution >= 0.6 is 0 Å². The van der Waals surface area contributed by atoms with Crippen LogP contribution in [0.5, 0.6) is 11.5 Å². The molecule has 1 atom stereocenters. The molecular weight excluding hydrogens is 206 g/mol. The molecule has 1 aromatic rings. The highest BCUT2D eigenvalue weighted by Gasteiger charge is 2.31. The molecule has 84 valence electrons. The standard InChI is InChI=1S/C12H13NO3/c1-15-12-9-5-8(13)3-6(9)2-7-4-10(14)16-11(7)12/h2,8H,3-5,13H2,1H3. The maximum Gasteiger partial charge on any atom is 0.315 e. The van der Waals surface area contributed by atoms with Gasteiger partial charge < -0.3 is 15.2 Å². The summed E-state index contributed by atoms with van der Waals surface area (Å²) in [6, 6.07) is 2.19. The Morgan fingerprint density at radius 1 is 1.44 bits per heavy atom. The molecule has 0 spiro atoms. The summed E-state index contributed by atoms with van der Waals surface area (Å²) in [6.07, 6.45) is 1.99. The third kappa shape index (κ3) is 1.23. The van der Waals surface area contributed by atoms with Crippen molar-refractivity contribution < 1.29 is 14.3 Å². The largest absolute Gasteiger partial charge is 0.493 e. The number of esters is 1. The van der Waals surface area contributed by atoms with E-state index >= 15 is 0 Å². The van der Waals surface area contributed by atoms with Gasteiger partial charge >= 0.3 is 5.97 Å². The molecule has 0 fully saturated rings. The van der Waals surface area contributed by atoms with E-state index < -0.39 is 0 Å². The topological polar surface area (TPSA) is 61.5 Å². The fourth-order valence-corrected chi connectivity index (χ4v) is 2.58. The smallest absolute Gasteiger partial charge is 0.315 e. The van der Waals surface area contributed by atoms with Crippen LogP contribution in [0.15, 0.2) is 6.07 Å². The molecule has 1 aliphatic heterocycles. The van der Waals surface area contributed by atoms with Gasteiger partial charge in [0.25, 0.3) is 0 Å². The predicted octanol–water partition coefficient (Wildman–Crippen LogP) is 0.583. The lowest BCUT2D eigenvalue weighted by Crippen LogP contribution is -2.19. The van der Waals surface area contributed by atoms with Gasteiger partial charge in [-0.15, -0.1) is 0 Å². The van der Waals surface area contributed by atoms with E-state index in [4.69, 9.17) is 15.2 Å². The number of methoxy groups -OCH3 is 1. The molecule has 1 aromatic carbocycles. The van der Waals surface area contributed by atoms with Gasteiger partial charge in [0.1, 0.15) is 0 Å². The number of fused-ring (bicyclic) bond motifs is 2. The summed E-state index contributed by atoms with van der Waals surface area (Å²) in [5, 5.41) is 0. The maximum absolute atomic E-state index is 11.3. The van der Waals surface area contributed by atoms with Gasteiger partial charge in [0.05, 0.1) is 13.5 Å². The maximum atomic E-state index is 11.3. The number of nitrogens with two attached hydrogens (primary N) is 1. The average molecular weight is 219 g/mol. The van der Waals surface area contributed by atoms with E-state index in [1.165, 1.54) is 5.56 Å². The Hall–Kier alpha value is -1.55. The molecule has 0 saturated carbocycles. The van der Waals surface area contributed by atoms with E-state index in [1.54, 1.807) is 7.11 Å². The number of carbonyl (C=O) groups is 1. The van der Waals surface area contributed by atoms with Crippen molar-refractivity contribution >= 4 is 5.97 Å². The van der Waals surface area contributed by atoms with Crippen LogP contribution in [0, 0.1) is 0 Å². The van der Waals surface area contributed by atoms with E-state index in [0.29, 0.717) is 17.9 Å². The number of benzene rings is 1. The van der Waals surface area contributed by atoms with Crippen LogP contribution in [0.1, 0.15) is 16.7 Å². The van der Waals surface area contributed by atoms with Crippen LogP contribution in [-0.4, -0.2) is 19.1 Å². The van der Waals surface area contributed by atoms with Crippen LogP contribution in [0.3, 0.4) is 0 Å². The summed E-state index contributed by atoms with van der Waals surface area (Å²) >= 11 is 0. The van der Waals surface area contributed by atoms with Gasteiger partial charge in [-0.3, -0.25) is 4.79 Å². The van der Waals surface area contributed by atoms with E-state index in [-0.39, 0.29) is 12.0 Å². The Morgan fingerprint density at radius 3 is 3.00 bits per heavy atom. The van der Waals surface area contributed by atoms with Crippen molar-refractivity contribution in [2.45, 2.75) is 25.3 Å². The first kappa shape index (κ1) is 9.66. The summed E-state index contributed by atoms with van der Waals surface area (Å²) in [5.74, 6) is 1.09. The van der Waals surface area contributed by atoms with E-state index in [1.807, 2.05) is 6.07 Å². The van der Waals surface area contributed by atoms with Gasteiger partial charge in [0, 0.05) is 17.2 Å². The summed E-state index contributed by atoms with van der Waals surface area (Å²) in [5.41, 5.74) is 9.15. The Kier molecular flexibility index (Phi) is 1.94. The third-order valence-corrected chi connectivity index (χ3v) is 3.21. The molecule has 0 bridgehead atoms. The molecule has 3 rings (SSSR count). The van der Waals surface area contributed by atoms with Crippen LogP contribution < -0.4 is 15.2 Å². The highest BCUT2D eigenvalue weighted by atomic mass is 16.6. The van der Waals surface area contributed by atoms with Gasteiger partial charge in [0.15, 0.2) is 11.5 Å². The molecule has 0 aromatic heterocycles. The SMILES string of the molecule is COc1c2c(cc3c1OC(=O)C3)CC(N)C2. The van der Waals surface area contributed by atoms with Crippen molar-refractivity contribution in [2.24, 2.45) is 5.73 Å². The van der Waals surface area contributed by atoms with E-state index in [2.05, 4.69) is 0 Å². The number of hydrogen-bond acceptors (Lipinski definition) is 4. The normalized spacial score (nSPS) is 21.6. The molecule has 2 aliphatic rings. The molecular formula is C12H13NO3. The van der Waals surface area contributed by atoms with E-state index in [0.717, 1.165) is 24.0 Å². The Labute approximate surface area is 93.3 Å². The Bertz CT molecular complexity index is 482. The average Bonchev–Trinajstić information content (AvgIpc) is 2.74. The second kappa shape index (κ2) is 3.22. The zero-order valence-corrected chi connectivity index (χ0v) is 9.08. The molecule has 16 heavy (non-hydrogen) atoms. The van der Waals surface area contributed by atoms with Crippen molar-refractivity contribution in [3.05, 3.63) is 22.8 Å². The van der Waals surface area contributed by atoms with Crippen LogP contribution in [0.2, 0.25) is 0 Å². The van der Waals surface area contributed by atoms with Crippen molar-refractivity contribution in [3.8, 4) is 11.5 Å².